The van der Waals surface area contributed by atoms with Crippen LogP contribution in [-0.4, -0.2) is 156 Å². The Morgan fingerprint density at radius 1 is 0.348 bits per heavy atom. The number of carboxylic acids is 8. The molecule has 0 heterocycles. The Kier molecular flexibility index (Phi) is 59.2. The van der Waals surface area contributed by atoms with Crippen molar-refractivity contribution in [1.82, 2.24) is 19.6 Å². The SMILES string of the molecule is O=C([O-])CN(CCN(CC(=O)O)CC(=O)O)CC(=O)[O-].O=C([O-])CN(CCN(CC(=O)[O-])CC(=O)[O-])CC(=O)[O-].[K+].[K+].[Na+].[Na+].[Na+].[Na+]. The summed E-state index contributed by atoms with van der Waals surface area (Å²) in [5, 5.41) is 79.7. The van der Waals surface area contributed by atoms with Gasteiger partial charge in [-0.25, -0.2) is 0 Å². The summed E-state index contributed by atoms with van der Waals surface area (Å²) in [5.74, 6) is -11.6. The van der Waals surface area contributed by atoms with E-state index in [1.165, 1.54) is 0 Å². The Balaban J connectivity index is -0.0000000926. The molecule has 228 valence electrons. The van der Waals surface area contributed by atoms with Crippen LogP contribution in [-0.2, 0) is 38.4 Å². The third-order valence-corrected chi connectivity index (χ3v) is 4.30. The zero-order valence-electron chi connectivity index (χ0n) is 26.9. The van der Waals surface area contributed by atoms with E-state index in [2.05, 4.69) is 0 Å². The summed E-state index contributed by atoms with van der Waals surface area (Å²) >= 11 is 0. The van der Waals surface area contributed by atoms with Crippen molar-refractivity contribution in [2.45, 2.75) is 0 Å². The molecule has 46 heavy (non-hydrogen) atoms. The van der Waals surface area contributed by atoms with Gasteiger partial charge in [0.25, 0.3) is 0 Å². The van der Waals surface area contributed by atoms with Gasteiger partial charge < -0.3 is 69.6 Å². The Morgan fingerprint density at radius 3 is 0.587 bits per heavy atom. The zero-order chi connectivity index (χ0) is 31.4. The maximum absolute atomic E-state index is 10.5. The first-order valence-corrected chi connectivity index (χ1v) is 10.9. The van der Waals surface area contributed by atoms with Gasteiger partial charge in [0.05, 0.1) is 48.9 Å². The molecule has 0 unspecified atom stereocenters. The average Bonchev–Trinajstić information content (AvgIpc) is 2.72. The van der Waals surface area contributed by atoms with Crippen LogP contribution in [0.5, 0.6) is 0 Å². The van der Waals surface area contributed by atoms with Crippen molar-refractivity contribution in [1.29, 1.82) is 0 Å². The van der Waals surface area contributed by atoms with Gasteiger partial charge in [0.2, 0.25) is 0 Å². The Hall–Kier alpha value is 2.87. The van der Waals surface area contributed by atoms with Crippen LogP contribution in [0.15, 0.2) is 0 Å². The second-order valence-corrected chi connectivity index (χ2v) is 7.86. The quantitative estimate of drug-likeness (QED) is 0.0971. The first-order valence-electron chi connectivity index (χ1n) is 10.9. The number of nitrogens with zero attached hydrogens (tertiary/aromatic N) is 4. The van der Waals surface area contributed by atoms with Crippen LogP contribution in [0.1, 0.15) is 0 Å². The molecule has 0 aliphatic heterocycles. The van der Waals surface area contributed by atoms with Crippen molar-refractivity contribution in [2.24, 2.45) is 0 Å². The van der Waals surface area contributed by atoms with E-state index in [1.54, 1.807) is 0 Å². The summed E-state index contributed by atoms with van der Waals surface area (Å²) in [7, 11) is 0. The summed E-state index contributed by atoms with van der Waals surface area (Å²) in [5.41, 5.74) is 0. The monoisotopic (exact) mass is 748 g/mol. The number of aliphatic carboxylic acids is 8. The number of carbonyl (C=O) groups excluding carboxylic acids is 6. The molecule has 0 saturated carbocycles. The van der Waals surface area contributed by atoms with Gasteiger partial charge >= 0.3 is 233 Å². The molecule has 0 aliphatic carbocycles. The van der Waals surface area contributed by atoms with E-state index in [4.69, 9.17) is 10.2 Å². The fourth-order valence-corrected chi connectivity index (χ4v) is 2.90. The predicted octanol–water partition coefficient (Wildman–Crippen LogP) is -30.1. The molecular weight excluding hydrogens is 722 g/mol. The summed E-state index contributed by atoms with van der Waals surface area (Å²) in [6.07, 6.45) is 0. The molecule has 26 heteroatoms. The molecule has 0 rings (SSSR count). The summed E-state index contributed by atoms with van der Waals surface area (Å²) < 4.78 is 0. The van der Waals surface area contributed by atoms with Crippen LogP contribution in [0.25, 0.3) is 0 Å². The van der Waals surface area contributed by atoms with Crippen molar-refractivity contribution in [3.63, 3.8) is 0 Å². The standard InChI is InChI=1S/2C10H16N2O8.2K.4Na/c2*13-7(14)3-11(4-8(15)16)1-2-12(5-9(17)18)6-10(19)20;;;;;;/h2*1-6H2,(H,13,14)(H,15,16)(H,17,18)(H,19,20);;;;;;/q;;6*+1/p-6. The second-order valence-electron chi connectivity index (χ2n) is 7.86. The normalized spacial score (nSPS) is 9.30. The van der Waals surface area contributed by atoms with Gasteiger partial charge in [0.1, 0.15) is 0 Å². The summed E-state index contributed by atoms with van der Waals surface area (Å²) in [6.45, 7) is -6.00. The fourth-order valence-electron chi connectivity index (χ4n) is 2.90. The molecule has 0 spiro atoms. The molecule has 0 bridgehead atoms. The van der Waals surface area contributed by atoms with Gasteiger partial charge in [-0.1, -0.05) is 0 Å². The molecule has 2 N–H and O–H groups in total. The van der Waals surface area contributed by atoms with Crippen molar-refractivity contribution in [3.8, 4) is 0 Å². The third-order valence-electron chi connectivity index (χ3n) is 4.30. The first kappa shape index (κ1) is 67.0. The smallest absolute Gasteiger partial charge is 0.549 e. The number of rotatable bonds is 22. The van der Waals surface area contributed by atoms with Crippen LogP contribution in [0.2, 0.25) is 0 Å². The van der Waals surface area contributed by atoms with Crippen molar-refractivity contribution in [3.05, 3.63) is 0 Å². The minimum absolute atomic E-state index is 0. The minimum atomic E-state index is -1.53. The van der Waals surface area contributed by atoms with Gasteiger partial charge in [-0.2, -0.15) is 0 Å². The van der Waals surface area contributed by atoms with Crippen LogP contribution in [0, 0.1) is 0 Å². The van der Waals surface area contributed by atoms with E-state index < -0.39 is 100 Å². The number of carbonyl (C=O) groups is 8. The average molecular weight is 749 g/mol. The summed E-state index contributed by atoms with van der Waals surface area (Å²) in [6, 6.07) is 0. The molecule has 0 aromatic heterocycles. The third kappa shape index (κ3) is 49.0. The topological polar surface area (TPSA) is 328 Å². The Bertz CT molecular complexity index is 734. The predicted molar refractivity (Wildman–Crippen MR) is 111 cm³/mol. The van der Waals surface area contributed by atoms with E-state index in [0.29, 0.717) is 0 Å². The molecule has 0 aromatic rings. The maximum Gasteiger partial charge on any atom is 1.00 e. The van der Waals surface area contributed by atoms with Gasteiger partial charge in [-0.05, 0) is 0 Å². The van der Waals surface area contributed by atoms with Crippen molar-refractivity contribution >= 4 is 47.8 Å². The largest absolute Gasteiger partial charge is 1.00 e. The van der Waals surface area contributed by atoms with E-state index in [9.17, 15) is 69.0 Å². The molecule has 0 fully saturated rings. The molecule has 0 atom stereocenters. The molecule has 20 nitrogen and oxygen atoms in total. The Labute approximate surface area is 437 Å². The summed E-state index contributed by atoms with van der Waals surface area (Å²) in [4.78, 5) is 87.3. The van der Waals surface area contributed by atoms with Gasteiger partial charge in [0.15, 0.2) is 0 Å². The van der Waals surface area contributed by atoms with E-state index >= 15 is 0 Å². The van der Waals surface area contributed by atoms with E-state index in [1.807, 2.05) is 0 Å². The van der Waals surface area contributed by atoms with Crippen molar-refractivity contribution in [2.75, 3.05) is 78.5 Å². The minimum Gasteiger partial charge on any atom is -0.549 e. The molecule has 0 saturated heterocycles. The van der Waals surface area contributed by atoms with Crippen LogP contribution in [0.4, 0.5) is 0 Å². The molecule has 0 aliphatic rings. The second kappa shape index (κ2) is 40.6. The van der Waals surface area contributed by atoms with Gasteiger partial charge in [-0.3, -0.25) is 29.2 Å². The van der Waals surface area contributed by atoms with Crippen LogP contribution < -0.4 is 252 Å². The van der Waals surface area contributed by atoms with Gasteiger partial charge in [-0.15, -0.1) is 0 Å². The molecule has 0 aromatic carbocycles. The molecule has 0 amide bonds. The van der Waals surface area contributed by atoms with Gasteiger partial charge in [0, 0.05) is 65.4 Å². The zero-order valence-corrected chi connectivity index (χ0v) is 41.1. The maximum atomic E-state index is 10.5. The van der Waals surface area contributed by atoms with Crippen LogP contribution in [0.3, 0.4) is 0 Å². The number of hydrogen-bond acceptors (Lipinski definition) is 18. The molecule has 0 radical (unpaired) electrons. The van der Waals surface area contributed by atoms with Crippen molar-refractivity contribution < 1.29 is 300 Å². The molecular formula is C20H26K2N4Na4O16. The Morgan fingerprint density at radius 2 is 0.478 bits per heavy atom. The number of hydrogen-bond donors (Lipinski definition) is 2. The van der Waals surface area contributed by atoms with Crippen LogP contribution >= 0.6 is 0 Å². The fraction of sp³-hybridized carbons (Fsp3) is 0.600. The number of carboxylic acid groups (broad SMARTS) is 8. The van der Waals surface area contributed by atoms with E-state index in [0.717, 1.165) is 19.6 Å². The van der Waals surface area contributed by atoms with E-state index in [-0.39, 0.29) is 247 Å². The first-order chi connectivity index (χ1) is 18.4.